The highest BCUT2D eigenvalue weighted by Gasteiger charge is 2.31. The fourth-order valence-electron chi connectivity index (χ4n) is 1.26. The maximum atomic E-state index is 11.7. The second-order valence-electron chi connectivity index (χ2n) is 6.80. The van der Waals surface area contributed by atoms with Gasteiger partial charge in [0.1, 0.15) is 0 Å². The van der Waals surface area contributed by atoms with E-state index < -0.39 is 46.7 Å². The van der Waals surface area contributed by atoms with E-state index in [0.717, 1.165) is 0 Å². The Morgan fingerprint density at radius 1 is 0.950 bits per heavy atom. The number of hydrogen-bond acceptors (Lipinski definition) is 5. The topological polar surface area (TPSA) is 103 Å². The van der Waals surface area contributed by atoms with E-state index >= 15 is 0 Å². The number of rotatable bonds is 5. The average Bonchev–Trinajstić information content (AvgIpc) is 2.23. The van der Waals surface area contributed by atoms with Gasteiger partial charge in [0, 0.05) is 17.3 Å². The Balaban J connectivity index is 4.91. The molecular weight excluding hydrogens is 262 g/mol. The summed E-state index contributed by atoms with van der Waals surface area (Å²) in [5, 5.41) is 13.2. The van der Waals surface area contributed by atoms with Gasteiger partial charge in [-0.05, 0) is 0 Å². The van der Waals surface area contributed by atoms with Crippen molar-refractivity contribution < 1.29 is 24.3 Å². The smallest absolute Gasteiger partial charge is 0.225 e. The summed E-state index contributed by atoms with van der Waals surface area (Å²) in [5.74, 6) is -3.62. The molecule has 0 aromatic rings. The van der Waals surface area contributed by atoms with Crippen molar-refractivity contribution in [3.05, 3.63) is 0 Å². The second kappa shape index (κ2) is 6.15. The Hall–Kier alpha value is -1.72. The minimum atomic E-state index is -1.59. The zero-order valence-corrected chi connectivity index (χ0v) is 12.8. The predicted molar refractivity (Wildman–Crippen MR) is 70.5 cm³/mol. The first-order valence-electron chi connectivity index (χ1n) is 6.36. The number of aliphatic carboxylic acids is 1. The molecule has 0 rings (SSSR count). The molecule has 1 unspecified atom stereocenters. The minimum absolute atomic E-state index is 0.525. The number of amides is 1. The van der Waals surface area contributed by atoms with E-state index in [1.54, 1.807) is 41.5 Å². The van der Waals surface area contributed by atoms with Crippen LogP contribution in [0.2, 0.25) is 0 Å². The standard InChI is InChI=1S/C14H23NO5/c1-13(2,3)10(17)9(16)7-8(11(18)19)15-12(20)14(4,5)6/h8H,7H2,1-6H3,(H,15,20)(H,18,19)/p-1. The first-order valence-corrected chi connectivity index (χ1v) is 6.36. The van der Waals surface area contributed by atoms with Crippen molar-refractivity contribution in [2.75, 3.05) is 0 Å². The van der Waals surface area contributed by atoms with Crippen molar-refractivity contribution in [1.82, 2.24) is 5.32 Å². The third-order valence-electron chi connectivity index (χ3n) is 2.59. The van der Waals surface area contributed by atoms with Gasteiger partial charge >= 0.3 is 0 Å². The Labute approximate surface area is 118 Å². The summed E-state index contributed by atoms with van der Waals surface area (Å²) < 4.78 is 0. The van der Waals surface area contributed by atoms with Gasteiger partial charge in [0.2, 0.25) is 17.5 Å². The molecule has 6 heteroatoms. The van der Waals surface area contributed by atoms with Gasteiger partial charge in [0.25, 0.3) is 0 Å². The summed E-state index contributed by atoms with van der Waals surface area (Å²) in [4.78, 5) is 46.2. The molecule has 0 aliphatic heterocycles. The predicted octanol–water partition coefficient (Wildman–Crippen LogP) is -0.158. The van der Waals surface area contributed by atoms with E-state index in [0.29, 0.717) is 0 Å². The van der Waals surface area contributed by atoms with Gasteiger partial charge in [-0.3, -0.25) is 14.4 Å². The summed E-state index contributed by atoms with van der Waals surface area (Å²) in [6.07, 6.45) is -0.597. The maximum absolute atomic E-state index is 11.7. The lowest BCUT2D eigenvalue weighted by molar-refractivity contribution is -0.308. The molecule has 0 fully saturated rings. The van der Waals surface area contributed by atoms with E-state index in [-0.39, 0.29) is 0 Å². The molecule has 1 N–H and O–H groups in total. The third kappa shape index (κ3) is 5.50. The number of carboxylic acids is 1. The van der Waals surface area contributed by atoms with E-state index in [2.05, 4.69) is 5.32 Å². The Bertz CT molecular complexity index is 426. The molecule has 0 spiro atoms. The third-order valence-corrected chi connectivity index (χ3v) is 2.59. The van der Waals surface area contributed by atoms with Crippen molar-refractivity contribution in [3.63, 3.8) is 0 Å². The van der Waals surface area contributed by atoms with Crippen molar-refractivity contribution in [1.29, 1.82) is 0 Å². The van der Waals surface area contributed by atoms with E-state index in [4.69, 9.17) is 0 Å². The molecule has 0 radical (unpaired) electrons. The number of nitrogens with one attached hydrogen (secondary N) is 1. The van der Waals surface area contributed by atoms with E-state index in [1.165, 1.54) is 0 Å². The number of ketones is 2. The average molecular weight is 284 g/mol. The van der Waals surface area contributed by atoms with E-state index in [9.17, 15) is 24.3 Å². The number of carbonyl (C=O) groups is 4. The lowest BCUT2D eigenvalue weighted by Crippen LogP contribution is -2.52. The molecule has 0 bridgehead atoms. The normalized spacial score (nSPS) is 13.5. The Morgan fingerprint density at radius 2 is 1.40 bits per heavy atom. The molecule has 0 heterocycles. The fourth-order valence-corrected chi connectivity index (χ4v) is 1.26. The summed E-state index contributed by atoms with van der Waals surface area (Å²) in [7, 11) is 0. The van der Waals surface area contributed by atoms with Gasteiger partial charge in [0.15, 0.2) is 0 Å². The number of hydrogen-bond donors (Lipinski definition) is 1. The maximum Gasteiger partial charge on any atom is 0.225 e. The van der Waals surface area contributed by atoms with Crippen LogP contribution in [0.25, 0.3) is 0 Å². The van der Waals surface area contributed by atoms with Crippen LogP contribution in [0.1, 0.15) is 48.0 Å². The second-order valence-corrected chi connectivity index (χ2v) is 6.80. The molecule has 0 aliphatic rings. The molecule has 0 aromatic carbocycles. The minimum Gasteiger partial charge on any atom is -0.548 e. The first kappa shape index (κ1) is 18.3. The summed E-state index contributed by atoms with van der Waals surface area (Å²) in [5.41, 5.74) is -1.69. The Kier molecular flexibility index (Phi) is 5.62. The molecule has 0 saturated carbocycles. The van der Waals surface area contributed by atoms with Crippen LogP contribution in [0.3, 0.4) is 0 Å². The van der Waals surface area contributed by atoms with Crippen molar-refractivity contribution >= 4 is 23.4 Å². The number of carboxylic acid groups (broad SMARTS) is 1. The monoisotopic (exact) mass is 284 g/mol. The molecule has 0 saturated heterocycles. The zero-order valence-electron chi connectivity index (χ0n) is 12.8. The molecule has 1 amide bonds. The first-order chi connectivity index (χ1) is 8.76. The highest BCUT2D eigenvalue weighted by Crippen LogP contribution is 2.17. The van der Waals surface area contributed by atoms with Gasteiger partial charge in [-0.1, -0.05) is 41.5 Å². The lowest BCUT2D eigenvalue weighted by Gasteiger charge is -2.25. The van der Waals surface area contributed by atoms with Crippen LogP contribution in [0.4, 0.5) is 0 Å². The van der Waals surface area contributed by atoms with Gasteiger partial charge < -0.3 is 15.2 Å². The van der Waals surface area contributed by atoms with Crippen molar-refractivity contribution in [2.45, 2.75) is 54.0 Å². The molecule has 1 atom stereocenters. The summed E-state index contributed by atoms with van der Waals surface area (Å²) >= 11 is 0. The molecule has 0 aromatic heterocycles. The van der Waals surface area contributed by atoms with Crippen LogP contribution < -0.4 is 10.4 Å². The number of carbonyl (C=O) groups excluding carboxylic acids is 4. The summed E-state index contributed by atoms with van der Waals surface area (Å²) in [6.45, 7) is 9.52. The van der Waals surface area contributed by atoms with Crippen LogP contribution >= 0.6 is 0 Å². The quantitative estimate of drug-likeness (QED) is 0.707. The molecule has 114 valence electrons. The fraction of sp³-hybridized carbons (Fsp3) is 0.714. The van der Waals surface area contributed by atoms with Gasteiger partial charge in [-0.15, -0.1) is 0 Å². The Morgan fingerprint density at radius 3 is 1.70 bits per heavy atom. The largest absolute Gasteiger partial charge is 0.548 e. The number of Topliss-reactive ketones (excluding diaryl/α,β-unsaturated/α-hetero) is 2. The van der Waals surface area contributed by atoms with Crippen LogP contribution in [0.15, 0.2) is 0 Å². The van der Waals surface area contributed by atoms with Gasteiger partial charge in [0.05, 0.1) is 12.0 Å². The molecular formula is C14H22NO5-. The molecule has 20 heavy (non-hydrogen) atoms. The van der Waals surface area contributed by atoms with E-state index in [1.807, 2.05) is 0 Å². The molecule has 6 nitrogen and oxygen atoms in total. The van der Waals surface area contributed by atoms with Gasteiger partial charge in [-0.25, -0.2) is 0 Å². The van der Waals surface area contributed by atoms with Crippen LogP contribution in [-0.2, 0) is 19.2 Å². The van der Waals surface area contributed by atoms with Crippen LogP contribution in [0.5, 0.6) is 0 Å². The molecule has 0 aliphatic carbocycles. The SMILES string of the molecule is CC(C)(C)C(=O)NC(CC(=O)C(=O)C(C)(C)C)C(=O)[O-]. The van der Waals surface area contributed by atoms with Gasteiger partial charge in [-0.2, -0.15) is 0 Å². The van der Waals surface area contributed by atoms with Crippen LogP contribution in [0, 0.1) is 10.8 Å². The van der Waals surface area contributed by atoms with Crippen molar-refractivity contribution in [2.24, 2.45) is 10.8 Å². The zero-order chi connectivity index (χ0) is 16.3. The lowest BCUT2D eigenvalue weighted by atomic mass is 9.86. The summed E-state index contributed by atoms with van der Waals surface area (Å²) in [6, 6.07) is -1.50. The van der Waals surface area contributed by atoms with Crippen molar-refractivity contribution in [3.8, 4) is 0 Å². The van der Waals surface area contributed by atoms with Crippen LogP contribution in [-0.4, -0.2) is 29.5 Å². The highest BCUT2D eigenvalue weighted by atomic mass is 16.4. The highest BCUT2D eigenvalue weighted by molar-refractivity contribution is 6.39.